The van der Waals surface area contributed by atoms with Gasteiger partial charge in [0.25, 0.3) is 0 Å². The summed E-state index contributed by atoms with van der Waals surface area (Å²) in [5, 5.41) is 14.9. The lowest BCUT2D eigenvalue weighted by molar-refractivity contribution is 0.315. The van der Waals surface area contributed by atoms with Crippen LogP contribution in [0.5, 0.6) is 0 Å². The average Bonchev–Trinajstić information content (AvgIpc) is 2.88. The Hall–Kier alpha value is -1.10. The highest BCUT2D eigenvalue weighted by Crippen LogP contribution is 2.29. The van der Waals surface area contributed by atoms with Gasteiger partial charge in [-0.25, -0.2) is 0 Å². The molecule has 1 aliphatic carbocycles. The fourth-order valence-electron chi connectivity index (χ4n) is 3.03. The molecular formula is C16H30N4O. The van der Waals surface area contributed by atoms with E-state index in [0.29, 0.717) is 30.4 Å². The summed E-state index contributed by atoms with van der Waals surface area (Å²) in [5.74, 6) is 2.22. The highest BCUT2D eigenvalue weighted by Gasteiger charge is 2.21. The van der Waals surface area contributed by atoms with Crippen LogP contribution in [0.2, 0.25) is 0 Å². The van der Waals surface area contributed by atoms with E-state index in [9.17, 15) is 0 Å². The lowest BCUT2D eigenvalue weighted by atomic mass is 9.83. The van der Waals surface area contributed by atoms with E-state index in [4.69, 9.17) is 4.42 Å². The minimum Gasteiger partial charge on any atom is -0.407 e. The van der Waals surface area contributed by atoms with Gasteiger partial charge in [0, 0.05) is 6.04 Å². The largest absolute Gasteiger partial charge is 0.407 e. The second-order valence-electron chi connectivity index (χ2n) is 6.68. The maximum absolute atomic E-state index is 5.65. The summed E-state index contributed by atoms with van der Waals surface area (Å²) in [6, 6.07) is 1.07. The number of anilines is 1. The van der Waals surface area contributed by atoms with Crippen LogP contribution in [0.15, 0.2) is 4.42 Å². The van der Waals surface area contributed by atoms with Gasteiger partial charge in [0.05, 0.1) is 6.54 Å². The number of hydrogen-bond acceptors (Lipinski definition) is 5. The molecular weight excluding hydrogens is 264 g/mol. The van der Waals surface area contributed by atoms with E-state index in [0.717, 1.165) is 12.5 Å². The molecule has 21 heavy (non-hydrogen) atoms. The molecule has 0 saturated heterocycles. The SMILES string of the molecule is CCCC1CCC(Nc2nnc(CNCC(C)C)o2)CC1. The van der Waals surface area contributed by atoms with E-state index >= 15 is 0 Å². The maximum Gasteiger partial charge on any atom is 0.315 e. The van der Waals surface area contributed by atoms with Crippen molar-refractivity contribution in [3.8, 4) is 0 Å². The summed E-state index contributed by atoms with van der Waals surface area (Å²) in [6.45, 7) is 8.26. The molecule has 0 aromatic carbocycles. The zero-order valence-electron chi connectivity index (χ0n) is 13.7. The molecule has 2 N–H and O–H groups in total. The van der Waals surface area contributed by atoms with Crippen molar-refractivity contribution >= 4 is 6.01 Å². The van der Waals surface area contributed by atoms with Gasteiger partial charge in [-0.05, 0) is 44.1 Å². The van der Waals surface area contributed by atoms with Crippen molar-refractivity contribution in [3.05, 3.63) is 5.89 Å². The molecule has 1 aliphatic rings. The van der Waals surface area contributed by atoms with Gasteiger partial charge in [-0.3, -0.25) is 0 Å². The van der Waals surface area contributed by atoms with Gasteiger partial charge in [-0.2, -0.15) is 0 Å². The molecule has 1 aromatic heterocycles. The van der Waals surface area contributed by atoms with Crippen LogP contribution in [0.4, 0.5) is 6.01 Å². The molecule has 0 spiro atoms. The molecule has 1 aromatic rings. The summed E-state index contributed by atoms with van der Waals surface area (Å²) in [5.41, 5.74) is 0. The molecule has 0 amide bonds. The average molecular weight is 294 g/mol. The van der Waals surface area contributed by atoms with Gasteiger partial charge in [0.1, 0.15) is 0 Å². The first-order valence-electron chi connectivity index (χ1n) is 8.47. The van der Waals surface area contributed by atoms with E-state index in [1.165, 1.54) is 38.5 Å². The van der Waals surface area contributed by atoms with Crippen molar-refractivity contribution in [2.24, 2.45) is 11.8 Å². The molecule has 0 bridgehead atoms. The Balaban J connectivity index is 1.70. The van der Waals surface area contributed by atoms with Crippen LogP contribution in [-0.4, -0.2) is 22.8 Å². The first kappa shape index (κ1) is 16.3. The van der Waals surface area contributed by atoms with E-state index < -0.39 is 0 Å². The smallest absolute Gasteiger partial charge is 0.315 e. The minimum absolute atomic E-state index is 0.495. The monoisotopic (exact) mass is 294 g/mol. The Morgan fingerprint density at radius 2 is 1.95 bits per heavy atom. The van der Waals surface area contributed by atoms with Gasteiger partial charge < -0.3 is 15.1 Å². The van der Waals surface area contributed by atoms with Crippen LogP contribution in [0, 0.1) is 11.8 Å². The number of nitrogens with one attached hydrogen (secondary N) is 2. The third kappa shape index (κ3) is 5.65. The summed E-state index contributed by atoms with van der Waals surface area (Å²) in [4.78, 5) is 0. The third-order valence-corrected chi connectivity index (χ3v) is 4.17. The Morgan fingerprint density at radius 1 is 1.19 bits per heavy atom. The van der Waals surface area contributed by atoms with Crippen molar-refractivity contribution < 1.29 is 4.42 Å². The van der Waals surface area contributed by atoms with Crippen molar-refractivity contribution in [2.75, 3.05) is 11.9 Å². The fraction of sp³-hybridized carbons (Fsp3) is 0.875. The molecule has 0 unspecified atom stereocenters. The quantitative estimate of drug-likeness (QED) is 0.767. The van der Waals surface area contributed by atoms with E-state index in [2.05, 4.69) is 41.6 Å². The van der Waals surface area contributed by atoms with Crippen molar-refractivity contribution in [1.82, 2.24) is 15.5 Å². The van der Waals surface area contributed by atoms with Gasteiger partial charge >= 0.3 is 6.01 Å². The molecule has 0 radical (unpaired) electrons. The van der Waals surface area contributed by atoms with Gasteiger partial charge in [-0.1, -0.05) is 38.7 Å². The molecule has 0 atom stereocenters. The number of nitrogens with zero attached hydrogens (tertiary/aromatic N) is 2. The second kappa shape index (κ2) is 8.37. The van der Waals surface area contributed by atoms with E-state index in [1.807, 2.05) is 0 Å². The topological polar surface area (TPSA) is 63.0 Å². The lowest BCUT2D eigenvalue weighted by Gasteiger charge is -2.28. The van der Waals surface area contributed by atoms with Gasteiger partial charge in [-0.15, -0.1) is 5.10 Å². The first-order valence-corrected chi connectivity index (χ1v) is 8.47. The van der Waals surface area contributed by atoms with Crippen LogP contribution < -0.4 is 10.6 Å². The predicted molar refractivity (Wildman–Crippen MR) is 85.1 cm³/mol. The van der Waals surface area contributed by atoms with Crippen LogP contribution in [-0.2, 0) is 6.54 Å². The van der Waals surface area contributed by atoms with E-state index in [1.54, 1.807) is 0 Å². The van der Waals surface area contributed by atoms with Crippen LogP contribution >= 0.6 is 0 Å². The van der Waals surface area contributed by atoms with E-state index in [-0.39, 0.29) is 0 Å². The zero-order valence-corrected chi connectivity index (χ0v) is 13.7. The van der Waals surface area contributed by atoms with Gasteiger partial charge in [0.15, 0.2) is 0 Å². The molecule has 120 valence electrons. The lowest BCUT2D eigenvalue weighted by Crippen LogP contribution is -2.26. The van der Waals surface area contributed by atoms with Crippen LogP contribution in [0.1, 0.15) is 65.2 Å². The third-order valence-electron chi connectivity index (χ3n) is 4.17. The predicted octanol–water partition coefficient (Wildman–Crippen LogP) is 3.59. The normalized spacial score (nSPS) is 22.7. The summed E-state index contributed by atoms with van der Waals surface area (Å²) >= 11 is 0. The Kier molecular flexibility index (Phi) is 6.49. The summed E-state index contributed by atoms with van der Waals surface area (Å²) < 4.78 is 5.65. The van der Waals surface area contributed by atoms with Crippen molar-refractivity contribution in [2.45, 2.75) is 71.9 Å². The number of aromatic nitrogens is 2. The molecule has 0 aliphatic heterocycles. The molecule has 2 rings (SSSR count). The number of rotatable bonds is 8. The maximum atomic E-state index is 5.65. The summed E-state index contributed by atoms with van der Waals surface area (Å²) in [6.07, 6.45) is 7.75. The zero-order chi connectivity index (χ0) is 15.1. The first-order chi connectivity index (χ1) is 10.2. The molecule has 5 heteroatoms. The number of hydrogen-bond donors (Lipinski definition) is 2. The standard InChI is InChI=1S/C16H30N4O/c1-4-5-13-6-8-14(9-7-13)18-16-20-19-15(21-16)11-17-10-12(2)3/h12-14,17H,4-11H2,1-3H3,(H,18,20). The molecule has 1 heterocycles. The fourth-order valence-corrected chi connectivity index (χ4v) is 3.03. The Morgan fingerprint density at radius 3 is 2.62 bits per heavy atom. The molecule has 1 fully saturated rings. The van der Waals surface area contributed by atoms with Gasteiger partial charge in [0.2, 0.25) is 5.89 Å². The minimum atomic E-state index is 0.495. The van der Waals surface area contributed by atoms with Crippen LogP contribution in [0.25, 0.3) is 0 Å². The Bertz CT molecular complexity index is 397. The molecule has 1 saturated carbocycles. The van der Waals surface area contributed by atoms with Crippen molar-refractivity contribution in [3.63, 3.8) is 0 Å². The van der Waals surface area contributed by atoms with Crippen LogP contribution in [0.3, 0.4) is 0 Å². The highest BCUT2D eigenvalue weighted by molar-refractivity contribution is 5.19. The Labute approximate surface area is 128 Å². The summed E-state index contributed by atoms with van der Waals surface area (Å²) in [7, 11) is 0. The molecule has 5 nitrogen and oxygen atoms in total. The highest BCUT2D eigenvalue weighted by atomic mass is 16.4. The van der Waals surface area contributed by atoms with Crippen molar-refractivity contribution in [1.29, 1.82) is 0 Å². The second-order valence-corrected chi connectivity index (χ2v) is 6.68.